The Kier molecular flexibility index (Phi) is 3.50. The monoisotopic (exact) mass is 205 g/mol. The Balaban J connectivity index is 2.70. The third kappa shape index (κ3) is 2.84. The van der Waals surface area contributed by atoms with Crippen molar-refractivity contribution in [3.63, 3.8) is 0 Å². The van der Waals surface area contributed by atoms with E-state index in [0.29, 0.717) is 17.7 Å². The van der Waals surface area contributed by atoms with Gasteiger partial charge in [-0.25, -0.2) is 0 Å². The predicted octanol–water partition coefficient (Wildman–Crippen LogP) is 1.89. The molecule has 0 fully saturated rings. The van der Waals surface area contributed by atoms with E-state index in [1.165, 1.54) is 0 Å². The van der Waals surface area contributed by atoms with Crippen LogP contribution >= 0.6 is 0 Å². The number of rotatable bonds is 3. The molecule has 0 unspecified atom stereocenters. The Morgan fingerprint density at radius 1 is 1.53 bits per heavy atom. The minimum Gasteiger partial charge on any atom is -0.507 e. The molecule has 0 saturated heterocycles. The van der Waals surface area contributed by atoms with Crippen LogP contribution in [0.15, 0.2) is 30.4 Å². The Labute approximate surface area is 89.4 Å². The van der Waals surface area contributed by atoms with Gasteiger partial charge < -0.3 is 10.4 Å². The molecule has 0 radical (unpaired) electrons. The maximum atomic E-state index is 11.2. The number of aryl methyl sites for hydroxylation is 1. The molecule has 1 rings (SSSR count). The molecule has 3 nitrogen and oxygen atoms in total. The second-order valence-electron chi connectivity index (χ2n) is 3.55. The van der Waals surface area contributed by atoms with E-state index in [2.05, 4.69) is 11.9 Å². The quantitative estimate of drug-likeness (QED) is 0.740. The van der Waals surface area contributed by atoms with Crippen LogP contribution in [-0.2, 0) is 11.3 Å². The van der Waals surface area contributed by atoms with Crippen LogP contribution in [0.2, 0.25) is 0 Å². The minimum atomic E-state index is -0.198. The fourth-order valence-electron chi connectivity index (χ4n) is 1.19. The van der Waals surface area contributed by atoms with E-state index >= 15 is 0 Å². The number of para-hydroxylation sites is 1. The van der Waals surface area contributed by atoms with Gasteiger partial charge in [0.15, 0.2) is 0 Å². The second-order valence-corrected chi connectivity index (χ2v) is 3.55. The maximum absolute atomic E-state index is 11.2. The number of carbonyl (C=O) groups is 1. The average molecular weight is 205 g/mol. The molecule has 1 amide bonds. The van der Waals surface area contributed by atoms with E-state index in [1.54, 1.807) is 13.0 Å². The summed E-state index contributed by atoms with van der Waals surface area (Å²) in [5.74, 6) is 0.0374. The summed E-state index contributed by atoms with van der Waals surface area (Å²) in [4.78, 5) is 11.2. The second kappa shape index (κ2) is 4.64. The van der Waals surface area contributed by atoms with Crippen LogP contribution in [-0.4, -0.2) is 11.0 Å². The van der Waals surface area contributed by atoms with Crippen molar-refractivity contribution in [1.29, 1.82) is 0 Å². The van der Waals surface area contributed by atoms with Crippen molar-refractivity contribution >= 4 is 5.91 Å². The first-order valence-electron chi connectivity index (χ1n) is 4.73. The van der Waals surface area contributed by atoms with Crippen LogP contribution in [0.1, 0.15) is 18.1 Å². The van der Waals surface area contributed by atoms with E-state index in [9.17, 15) is 9.90 Å². The minimum absolute atomic E-state index is 0.198. The summed E-state index contributed by atoms with van der Waals surface area (Å²) in [5, 5.41) is 12.3. The lowest BCUT2D eigenvalue weighted by atomic mass is 10.1. The van der Waals surface area contributed by atoms with Crippen LogP contribution in [0.3, 0.4) is 0 Å². The molecule has 0 saturated carbocycles. The van der Waals surface area contributed by atoms with Gasteiger partial charge in [0.05, 0.1) is 0 Å². The standard InChI is InChI=1S/C12H15NO2/c1-8(2)12(15)13-7-10-6-4-5-9(3)11(10)14/h4-6,14H,1,7H2,2-3H3,(H,13,15). The highest BCUT2D eigenvalue weighted by Gasteiger charge is 2.05. The lowest BCUT2D eigenvalue weighted by Crippen LogP contribution is -2.23. The zero-order valence-corrected chi connectivity index (χ0v) is 9.00. The normalized spacial score (nSPS) is 9.73. The van der Waals surface area contributed by atoms with Crippen molar-refractivity contribution in [1.82, 2.24) is 5.32 Å². The summed E-state index contributed by atoms with van der Waals surface area (Å²) < 4.78 is 0. The third-order valence-corrected chi connectivity index (χ3v) is 2.15. The van der Waals surface area contributed by atoms with Gasteiger partial charge in [-0.3, -0.25) is 4.79 Å². The van der Waals surface area contributed by atoms with Gasteiger partial charge in [0.2, 0.25) is 5.91 Å². The van der Waals surface area contributed by atoms with Crippen molar-refractivity contribution in [2.24, 2.45) is 0 Å². The zero-order chi connectivity index (χ0) is 11.4. The van der Waals surface area contributed by atoms with E-state index < -0.39 is 0 Å². The van der Waals surface area contributed by atoms with Gasteiger partial charge >= 0.3 is 0 Å². The first kappa shape index (κ1) is 11.3. The molecular weight excluding hydrogens is 190 g/mol. The Morgan fingerprint density at radius 2 is 2.20 bits per heavy atom. The summed E-state index contributed by atoms with van der Waals surface area (Å²) in [6.45, 7) is 7.31. The van der Waals surface area contributed by atoms with E-state index in [4.69, 9.17) is 0 Å². The average Bonchev–Trinajstić information content (AvgIpc) is 2.19. The van der Waals surface area contributed by atoms with Gasteiger partial charge in [0.1, 0.15) is 5.75 Å². The summed E-state index contributed by atoms with van der Waals surface area (Å²) >= 11 is 0. The van der Waals surface area contributed by atoms with E-state index in [0.717, 1.165) is 5.56 Å². The Bertz CT molecular complexity index is 397. The first-order chi connectivity index (χ1) is 7.02. The number of hydrogen-bond donors (Lipinski definition) is 2. The first-order valence-corrected chi connectivity index (χ1v) is 4.73. The van der Waals surface area contributed by atoms with E-state index in [-0.39, 0.29) is 11.7 Å². The van der Waals surface area contributed by atoms with Crippen LogP contribution in [0, 0.1) is 6.92 Å². The van der Waals surface area contributed by atoms with Crippen molar-refractivity contribution in [2.75, 3.05) is 0 Å². The number of benzene rings is 1. The highest BCUT2D eigenvalue weighted by atomic mass is 16.3. The van der Waals surface area contributed by atoms with Gasteiger partial charge in [-0.15, -0.1) is 0 Å². The fraction of sp³-hybridized carbons (Fsp3) is 0.250. The summed E-state index contributed by atoms with van der Waals surface area (Å²) in [7, 11) is 0. The van der Waals surface area contributed by atoms with Crippen LogP contribution in [0.4, 0.5) is 0 Å². The topological polar surface area (TPSA) is 49.3 Å². The van der Waals surface area contributed by atoms with Gasteiger partial charge in [0.25, 0.3) is 0 Å². The largest absolute Gasteiger partial charge is 0.507 e. The molecule has 3 heteroatoms. The fourth-order valence-corrected chi connectivity index (χ4v) is 1.19. The van der Waals surface area contributed by atoms with Crippen molar-refractivity contribution in [3.8, 4) is 5.75 Å². The number of hydrogen-bond acceptors (Lipinski definition) is 2. The summed E-state index contributed by atoms with van der Waals surface area (Å²) in [6.07, 6.45) is 0. The van der Waals surface area contributed by atoms with Crippen LogP contribution in [0.25, 0.3) is 0 Å². The molecule has 0 bridgehead atoms. The van der Waals surface area contributed by atoms with Gasteiger partial charge in [-0.1, -0.05) is 24.8 Å². The lowest BCUT2D eigenvalue weighted by Gasteiger charge is -2.08. The van der Waals surface area contributed by atoms with Gasteiger partial charge in [0, 0.05) is 17.7 Å². The summed E-state index contributed by atoms with van der Waals surface area (Å²) in [6, 6.07) is 5.44. The summed E-state index contributed by atoms with van der Waals surface area (Å²) in [5.41, 5.74) is 1.98. The van der Waals surface area contributed by atoms with E-state index in [1.807, 2.05) is 19.1 Å². The van der Waals surface area contributed by atoms with Crippen molar-refractivity contribution in [3.05, 3.63) is 41.5 Å². The Hall–Kier alpha value is -1.77. The molecule has 0 aliphatic carbocycles. The van der Waals surface area contributed by atoms with Crippen molar-refractivity contribution < 1.29 is 9.90 Å². The number of carbonyl (C=O) groups excluding carboxylic acids is 1. The smallest absolute Gasteiger partial charge is 0.246 e. The maximum Gasteiger partial charge on any atom is 0.246 e. The number of amides is 1. The molecule has 15 heavy (non-hydrogen) atoms. The number of phenolic OH excluding ortho intramolecular Hbond substituents is 1. The molecule has 80 valence electrons. The molecular formula is C12H15NO2. The number of nitrogens with one attached hydrogen (secondary N) is 1. The lowest BCUT2D eigenvalue weighted by molar-refractivity contribution is -0.117. The number of aromatic hydroxyl groups is 1. The van der Waals surface area contributed by atoms with Gasteiger partial charge in [-0.05, 0) is 19.4 Å². The molecule has 1 aromatic carbocycles. The highest BCUT2D eigenvalue weighted by Crippen LogP contribution is 2.20. The Morgan fingerprint density at radius 3 is 2.80 bits per heavy atom. The molecule has 0 aliphatic heterocycles. The molecule has 1 aromatic rings. The van der Waals surface area contributed by atoms with Gasteiger partial charge in [-0.2, -0.15) is 0 Å². The van der Waals surface area contributed by atoms with Crippen LogP contribution < -0.4 is 5.32 Å². The van der Waals surface area contributed by atoms with Crippen LogP contribution in [0.5, 0.6) is 5.75 Å². The zero-order valence-electron chi connectivity index (χ0n) is 9.00. The predicted molar refractivity (Wildman–Crippen MR) is 59.5 cm³/mol. The molecule has 0 heterocycles. The molecule has 0 spiro atoms. The SMILES string of the molecule is C=C(C)C(=O)NCc1cccc(C)c1O. The number of phenols is 1. The molecule has 0 atom stereocenters. The molecule has 2 N–H and O–H groups in total. The highest BCUT2D eigenvalue weighted by molar-refractivity contribution is 5.92. The third-order valence-electron chi connectivity index (χ3n) is 2.15. The molecule has 0 aliphatic rings. The van der Waals surface area contributed by atoms with Crippen molar-refractivity contribution in [2.45, 2.75) is 20.4 Å². The molecule has 0 aromatic heterocycles.